The van der Waals surface area contributed by atoms with Crippen molar-refractivity contribution in [1.29, 1.82) is 0 Å². The van der Waals surface area contributed by atoms with Gasteiger partial charge in [0.25, 0.3) is 0 Å². The molecule has 4 heteroatoms. The van der Waals surface area contributed by atoms with E-state index in [1.807, 2.05) is 30.6 Å². The number of nitrogens with zero attached hydrogens (tertiary/aromatic N) is 2. The van der Waals surface area contributed by atoms with Gasteiger partial charge in [0, 0.05) is 37.5 Å². The zero-order valence-electron chi connectivity index (χ0n) is 14.0. The summed E-state index contributed by atoms with van der Waals surface area (Å²) in [5, 5.41) is 0. The fraction of sp³-hybridized carbons (Fsp3) is 0.882. The summed E-state index contributed by atoms with van der Waals surface area (Å²) in [5.74, 6) is 1.41. The van der Waals surface area contributed by atoms with Crippen molar-refractivity contribution in [3.63, 3.8) is 0 Å². The van der Waals surface area contributed by atoms with Crippen molar-refractivity contribution in [2.75, 3.05) is 26.2 Å². The topological polar surface area (TPSA) is 40.6 Å². The van der Waals surface area contributed by atoms with Crippen LogP contribution in [0.3, 0.4) is 0 Å². The zero-order valence-corrected chi connectivity index (χ0v) is 14.0. The SMILES string of the molecule is CC1CCN(C(=O)C2CCN(C(=O)C(C)(C)C)CC2)CC1. The Morgan fingerprint density at radius 3 is 1.81 bits per heavy atom. The van der Waals surface area contributed by atoms with Gasteiger partial charge in [0.1, 0.15) is 0 Å². The summed E-state index contributed by atoms with van der Waals surface area (Å²) in [7, 11) is 0. The van der Waals surface area contributed by atoms with E-state index >= 15 is 0 Å². The monoisotopic (exact) mass is 294 g/mol. The number of rotatable bonds is 1. The third-order valence-electron chi connectivity index (χ3n) is 4.87. The molecule has 0 N–H and O–H groups in total. The quantitative estimate of drug-likeness (QED) is 0.745. The molecule has 2 rings (SSSR count). The second kappa shape index (κ2) is 6.37. The molecular weight excluding hydrogens is 264 g/mol. The molecule has 2 heterocycles. The van der Waals surface area contributed by atoms with E-state index in [0.29, 0.717) is 5.91 Å². The van der Waals surface area contributed by atoms with Gasteiger partial charge in [0.05, 0.1) is 0 Å². The first-order valence-electron chi connectivity index (χ1n) is 8.37. The van der Waals surface area contributed by atoms with Crippen LogP contribution >= 0.6 is 0 Å². The maximum absolute atomic E-state index is 12.6. The molecule has 120 valence electrons. The lowest BCUT2D eigenvalue weighted by Crippen LogP contribution is -2.48. The predicted octanol–water partition coefficient (Wildman–Crippen LogP) is 2.53. The number of hydrogen-bond acceptors (Lipinski definition) is 2. The van der Waals surface area contributed by atoms with Crippen molar-refractivity contribution >= 4 is 11.8 Å². The zero-order chi connectivity index (χ0) is 15.6. The first-order valence-corrected chi connectivity index (χ1v) is 8.37. The molecule has 2 amide bonds. The highest BCUT2D eigenvalue weighted by atomic mass is 16.2. The molecule has 0 atom stereocenters. The molecule has 0 aromatic rings. The van der Waals surface area contributed by atoms with Crippen molar-refractivity contribution < 1.29 is 9.59 Å². The molecule has 2 aliphatic heterocycles. The Morgan fingerprint density at radius 1 is 0.857 bits per heavy atom. The fourth-order valence-electron chi connectivity index (χ4n) is 3.29. The van der Waals surface area contributed by atoms with Crippen LogP contribution in [0.15, 0.2) is 0 Å². The molecule has 2 saturated heterocycles. The highest BCUT2D eigenvalue weighted by Crippen LogP contribution is 2.26. The second-order valence-electron chi connectivity index (χ2n) is 7.82. The normalized spacial score (nSPS) is 22.5. The van der Waals surface area contributed by atoms with Crippen LogP contribution < -0.4 is 0 Å². The van der Waals surface area contributed by atoms with Crippen LogP contribution in [0.5, 0.6) is 0 Å². The highest BCUT2D eigenvalue weighted by molar-refractivity contribution is 5.82. The van der Waals surface area contributed by atoms with E-state index in [1.165, 1.54) is 0 Å². The molecule has 0 aliphatic carbocycles. The summed E-state index contributed by atoms with van der Waals surface area (Å²) in [5.41, 5.74) is -0.320. The minimum atomic E-state index is -0.320. The summed E-state index contributed by atoms with van der Waals surface area (Å²) in [4.78, 5) is 28.8. The molecule has 0 spiro atoms. The van der Waals surface area contributed by atoms with Crippen molar-refractivity contribution in [3.8, 4) is 0 Å². The number of piperidine rings is 2. The fourth-order valence-corrected chi connectivity index (χ4v) is 3.29. The Labute approximate surface area is 128 Å². The van der Waals surface area contributed by atoms with E-state index in [9.17, 15) is 9.59 Å². The molecule has 0 aromatic heterocycles. The van der Waals surface area contributed by atoms with Gasteiger partial charge in [-0.15, -0.1) is 0 Å². The Hall–Kier alpha value is -1.06. The van der Waals surface area contributed by atoms with E-state index in [2.05, 4.69) is 6.92 Å². The average molecular weight is 294 g/mol. The van der Waals surface area contributed by atoms with Crippen molar-refractivity contribution in [2.45, 2.75) is 53.4 Å². The van der Waals surface area contributed by atoms with Gasteiger partial charge < -0.3 is 9.80 Å². The van der Waals surface area contributed by atoms with Gasteiger partial charge >= 0.3 is 0 Å². The molecule has 0 unspecified atom stereocenters. The number of carbonyl (C=O) groups excluding carboxylic acids is 2. The largest absolute Gasteiger partial charge is 0.342 e. The van der Waals surface area contributed by atoms with Crippen molar-refractivity contribution in [2.24, 2.45) is 17.3 Å². The molecule has 21 heavy (non-hydrogen) atoms. The first kappa shape index (κ1) is 16.3. The van der Waals surface area contributed by atoms with Gasteiger partial charge in [-0.2, -0.15) is 0 Å². The van der Waals surface area contributed by atoms with E-state index in [-0.39, 0.29) is 17.2 Å². The minimum Gasteiger partial charge on any atom is -0.342 e. The Morgan fingerprint density at radius 2 is 1.33 bits per heavy atom. The first-order chi connectivity index (χ1) is 9.79. The molecule has 2 aliphatic rings. The van der Waals surface area contributed by atoms with Crippen LogP contribution in [-0.4, -0.2) is 47.8 Å². The van der Waals surface area contributed by atoms with Gasteiger partial charge in [0.15, 0.2) is 0 Å². The predicted molar refractivity (Wildman–Crippen MR) is 83.7 cm³/mol. The molecule has 2 fully saturated rings. The average Bonchev–Trinajstić information content (AvgIpc) is 2.46. The smallest absolute Gasteiger partial charge is 0.227 e. The standard InChI is InChI=1S/C17H30N2O2/c1-13-5-9-18(10-6-13)15(20)14-7-11-19(12-8-14)16(21)17(2,3)4/h13-14H,5-12H2,1-4H3. The Bertz CT molecular complexity index is 384. The van der Waals surface area contributed by atoms with Gasteiger partial charge in [-0.25, -0.2) is 0 Å². The van der Waals surface area contributed by atoms with E-state index in [4.69, 9.17) is 0 Å². The number of amides is 2. The van der Waals surface area contributed by atoms with Crippen LogP contribution in [0.25, 0.3) is 0 Å². The van der Waals surface area contributed by atoms with Crippen LogP contribution in [-0.2, 0) is 9.59 Å². The molecule has 0 aromatic carbocycles. The van der Waals surface area contributed by atoms with Gasteiger partial charge in [0.2, 0.25) is 11.8 Å². The second-order valence-corrected chi connectivity index (χ2v) is 7.82. The van der Waals surface area contributed by atoms with Gasteiger partial charge in [-0.3, -0.25) is 9.59 Å². The van der Waals surface area contributed by atoms with Gasteiger partial charge in [-0.05, 0) is 31.6 Å². The van der Waals surface area contributed by atoms with E-state index in [1.54, 1.807) is 0 Å². The molecule has 0 radical (unpaired) electrons. The van der Waals surface area contributed by atoms with E-state index in [0.717, 1.165) is 57.8 Å². The summed E-state index contributed by atoms with van der Waals surface area (Å²) >= 11 is 0. The van der Waals surface area contributed by atoms with Crippen LogP contribution in [0.2, 0.25) is 0 Å². The third kappa shape index (κ3) is 3.98. The maximum atomic E-state index is 12.6. The number of carbonyl (C=O) groups is 2. The summed E-state index contributed by atoms with van der Waals surface area (Å²) in [6.45, 7) is 11.4. The number of hydrogen-bond donors (Lipinski definition) is 0. The number of likely N-dealkylation sites (tertiary alicyclic amines) is 2. The van der Waals surface area contributed by atoms with Crippen LogP contribution in [0.1, 0.15) is 53.4 Å². The summed E-state index contributed by atoms with van der Waals surface area (Å²) < 4.78 is 0. The molecule has 0 saturated carbocycles. The molecule has 4 nitrogen and oxygen atoms in total. The molecular formula is C17H30N2O2. The summed E-state index contributed by atoms with van der Waals surface area (Å²) in [6.07, 6.45) is 3.92. The molecule has 0 bridgehead atoms. The van der Waals surface area contributed by atoms with Crippen LogP contribution in [0.4, 0.5) is 0 Å². The lowest BCUT2D eigenvalue weighted by Gasteiger charge is -2.38. The lowest BCUT2D eigenvalue weighted by molar-refractivity contribution is -0.145. The Balaban J connectivity index is 1.83. The maximum Gasteiger partial charge on any atom is 0.227 e. The van der Waals surface area contributed by atoms with Crippen molar-refractivity contribution in [3.05, 3.63) is 0 Å². The van der Waals surface area contributed by atoms with E-state index < -0.39 is 0 Å². The Kier molecular flexibility index (Phi) is 4.95. The minimum absolute atomic E-state index is 0.127. The highest BCUT2D eigenvalue weighted by Gasteiger charge is 2.34. The van der Waals surface area contributed by atoms with Gasteiger partial charge in [-0.1, -0.05) is 27.7 Å². The van der Waals surface area contributed by atoms with Crippen LogP contribution in [0, 0.1) is 17.3 Å². The van der Waals surface area contributed by atoms with Crippen molar-refractivity contribution in [1.82, 2.24) is 9.80 Å². The third-order valence-corrected chi connectivity index (χ3v) is 4.87. The lowest BCUT2D eigenvalue weighted by atomic mass is 9.89. The summed E-state index contributed by atoms with van der Waals surface area (Å²) in [6, 6.07) is 0.